The number of morpholine rings is 1. The van der Waals surface area contributed by atoms with E-state index < -0.39 is 0 Å². The zero-order chi connectivity index (χ0) is 9.10. The number of nitrogens with zero attached hydrogens (tertiary/aromatic N) is 1. The number of hydrogen-bond acceptors (Lipinski definition) is 3. The normalized spacial score (nSPS) is 22.5. The van der Waals surface area contributed by atoms with Crippen molar-refractivity contribution < 1.29 is 14.3 Å². The van der Waals surface area contributed by atoms with E-state index in [9.17, 15) is 4.79 Å². The van der Waals surface area contributed by atoms with Gasteiger partial charge in [0.05, 0.1) is 19.8 Å². The molecular formula is C9H13NO3. The van der Waals surface area contributed by atoms with E-state index in [4.69, 9.17) is 9.47 Å². The van der Waals surface area contributed by atoms with E-state index in [1.54, 1.807) is 4.90 Å². The second-order valence-electron chi connectivity index (χ2n) is 3.11. The molecule has 1 saturated heterocycles. The van der Waals surface area contributed by atoms with Crippen LogP contribution >= 0.6 is 0 Å². The minimum atomic E-state index is 0.0146. The second-order valence-corrected chi connectivity index (χ2v) is 3.11. The zero-order valence-corrected chi connectivity index (χ0v) is 7.49. The molecular weight excluding hydrogens is 170 g/mol. The Morgan fingerprint density at radius 2 is 2.08 bits per heavy atom. The van der Waals surface area contributed by atoms with Crippen LogP contribution in [0.3, 0.4) is 0 Å². The highest BCUT2D eigenvalue weighted by Crippen LogP contribution is 2.13. The van der Waals surface area contributed by atoms with Crippen molar-refractivity contribution in [1.82, 2.24) is 4.90 Å². The number of carbonyl (C=O) groups excluding carboxylic acids is 1. The predicted octanol–water partition coefficient (Wildman–Crippen LogP) is 0.149. The van der Waals surface area contributed by atoms with Crippen molar-refractivity contribution in [3.8, 4) is 0 Å². The number of hydrogen-bond donors (Lipinski definition) is 0. The maximum absolute atomic E-state index is 11.7. The first kappa shape index (κ1) is 8.56. The van der Waals surface area contributed by atoms with Crippen molar-refractivity contribution in [2.45, 2.75) is 6.42 Å². The Kier molecular flexibility index (Phi) is 2.49. The van der Waals surface area contributed by atoms with E-state index in [-0.39, 0.29) is 5.91 Å². The van der Waals surface area contributed by atoms with Gasteiger partial charge in [-0.1, -0.05) is 0 Å². The van der Waals surface area contributed by atoms with Crippen LogP contribution in [-0.4, -0.2) is 43.7 Å². The molecule has 0 aromatic heterocycles. The standard InChI is InChI=1S/C9H13NO3/c11-9(8-2-1-5-13-8)10-3-6-12-7-4-10/h2H,1,3-7H2. The number of ether oxygens (including phenoxy) is 2. The summed E-state index contributed by atoms with van der Waals surface area (Å²) in [5.74, 6) is 0.530. The van der Waals surface area contributed by atoms with E-state index in [1.807, 2.05) is 6.08 Å². The number of amides is 1. The quantitative estimate of drug-likeness (QED) is 0.581. The molecule has 0 unspecified atom stereocenters. The van der Waals surface area contributed by atoms with Gasteiger partial charge in [-0.05, 0) is 6.08 Å². The maximum atomic E-state index is 11.7. The minimum absolute atomic E-state index is 0.0146. The summed E-state index contributed by atoms with van der Waals surface area (Å²) in [4.78, 5) is 13.5. The summed E-state index contributed by atoms with van der Waals surface area (Å²) in [7, 11) is 0. The molecule has 2 rings (SSSR count). The van der Waals surface area contributed by atoms with E-state index in [0.29, 0.717) is 38.7 Å². The molecule has 0 spiro atoms. The largest absolute Gasteiger partial charge is 0.488 e. The van der Waals surface area contributed by atoms with Gasteiger partial charge in [-0.25, -0.2) is 0 Å². The average molecular weight is 183 g/mol. The molecule has 0 atom stereocenters. The third kappa shape index (κ3) is 1.83. The van der Waals surface area contributed by atoms with Crippen LogP contribution in [0.25, 0.3) is 0 Å². The summed E-state index contributed by atoms with van der Waals surface area (Å²) in [6.45, 7) is 3.28. The monoisotopic (exact) mass is 183 g/mol. The average Bonchev–Trinajstić information content (AvgIpc) is 2.71. The van der Waals surface area contributed by atoms with Gasteiger partial charge in [-0.3, -0.25) is 4.79 Å². The molecule has 1 fully saturated rings. The molecule has 0 aromatic rings. The van der Waals surface area contributed by atoms with E-state index in [1.165, 1.54) is 0 Å². The van der Waals surface area contributed by atoms with Crippen LogP contribution < -0.4 is 0 Å². The lowest BCUT2D eigenvalue weighted by Gasteiger charge is -2.26. The topological polar surface area (TPSA) is 38.8 Å². The summed E-state index contributed by atoms with van der Waals surface area (Å²) >= 11 is 0. The third-order valence-electron chi connectivity index (χ3n) is 2.21. The molecule has 2 aliphatic rings. The van der Waals surface area contributed by atoms with Crippen LogP contribution in [-0.2, 0) is 14.3 Å². The fourth-order valence-corrected chi connectivity index (χ4v) is 1.49. The van der Waals surface area contributed by atoms with Crippen molar-refractivity contribution >= 4 is 5.91 Å². The van der Waals surface area contributed by atoms with Gasteiger partial charge in [0.2, 0.25) is 0 Å². The van der Waals surface area contributed by atoms with Gasteiger partial charge in [0.1, 0.15) is 0 Å². The number of carbonyl (C=O) groups is 1. The van der Waals surface area contributed by atoms with Crippen molar-refractivity contribution in [1.29, 1.82) is 0 Å². The Balaban J connectivity index is 1.94. The first-order chi connectivity index (χ1) is 6.38. The Labute approximate surface area is 77.1 Å². The highest BCUT2D eigenvalue weighted by Gasteiger charge is 2.23. The minimum Gasteiger partial charge on any atom is -0.488 e. The van der Waals surface area contributed by atoms with Gasteiger partial charge in [0, 0.05) is 19.5 Å². The SMILES string of the molecule is O=C(C1=CCCO1)N1CCOCC1. The van der Waals surface area contributed by atoms with Crippen molar-refractivity contribution in [2.24, 2.45) is 0 Å². The predicted molar refractivity (Wildman–Crippen MR) is 46.1 cm³/mol. The molecule has 13 heavy (non-hydrogen) atoms. The molecule has 0 radical (unpaired) electrons. The summed E-state index contributed by atoms with van der Waals surface area (Å²) in [5.41, 5.74) is 0. The van der Waals surface area contributed by atoms with Crippen LogP contribution in [0.15, 0.2) is 11.8 Å². The fraction of sp³-hybridized carbons (Fsp3) is 0.667. The van der Waals surface area contributed by atoms with Gasteiger partial charge in [-0.2, -0.15) is 0 Å². The third-order valence-corrected chi connectivity index (χ3v) is 2.21. The molecule has 72 valence electrons. The first-order valence-corrected chi connectivity index (χ1v) is 4.58. The summed E-state index contributed by atoms with van der Waals surface area (Å²) < 4.78 is 10.4. The highest BCUT2D eigenvalue weighted by molar-refractivity contribution is 5.91. The lowest BCUT2D eigenvalue weighted by atomic mass is 10.3. The Morgan fingerprint density at radius 3 is 2.69 bits per heavy atom. The zero-order valence-electron chi connectivity index (χ0n) is 7.49. The van der Waals surface area contributed by atoms with Gasteiger partial charge in [-0.15, -0.1) is 0 Å². The number of rotatable bonds is 1. The van der Waals surface area contributed by atoms with Crippen molar-refractivity contribution in [3.05, 3.63) is 11.8 Å². The molecule has 0 N–H and O–H groups in total. The van der Waals surface area contributed by atoms with Crippen LogP contribution in [0.1, 0.15) is 6.42 Å². The molecule has 0 aliphatic carbocycles. The van der Waals surface area contributed by atoms with E-state index in [2.05, 4.69) is 0 Å². The Bertz CT molecular complexity index is 231. The molecule has 1 amide bonds. The molecule has 0 saturated carbocycles. The molecule has 4 heteroatoms. The smallest absolute Gasteiger partial charge is 0.288 e. The van der Waals surface area contributed by atoms with Gasteiger partial charge in [0.15, 0.2) is 5.76 Å². The summed E-state index contributed by atoms with van der Waals surface area (Å²) in [6.07, 6.45) is 2.71. The lowest BCUT2D eigenvalue weighted by Crippen LogP contribution is -2.41. The van der Waals surface area contributed by atoms with E-state index >= 15 is 0 Å². The van der Waals surface area contributed by atoms with Crippen molar-refractivity contribution in [3.63, 3.8) is 0 Å². The van der Waals surface area contributed by atoms with Crippen LogP contribution in [0.4, 0.5) is 0 Å². The maximum Gasteiger partial charge on any atom is 0.288 e. The fourth-order valence-electron chi connectivity index (χ4n) is 1.49. The lowest BCUT2D eigenvalue weighted by molar-refractivity contribution is -0.134. The van der Waals surface area contributed by atoms with Gasteiger partial charge in [0.25, 0.3) is 5.91 Å². The van der Waals surface area contributed by atoms with E-state index in [0.717, 1.165) is 6.42 Å². The van der Waals surface area contributed by atoms with Gasteiger partial charge < -0.3 is 14.4 Å². The molecule has 0 bridgehead atoms. The summed E-state index contributed by atoms with van der Waals surface area (Å²) in [6, 6.07) is 0. The molecule has 2 heterocycles. The molecule has 0 aromatic carbocycles. The van der Waals surface area contributed by atoms with Gasteiger partial charge >= 0.3 is 0 Å². The highest BCUT2D eigenvalue weighted by atomic mass is 16.5. The van der Waals surface area contributed by atoms with Crippen LogP contribution in [0.5, 0.6) is 0 Å². The van der Waals surface area contributed by atoms with Crippen LogP contribution in [0.2, 0.25) is 0 Å². The van der Waals surface area contributed by atoms with Crippen molar-refractivity contribution in [2.75, 3.05) is 32.9 Å². The summed E-state index contributed by atoms with van der Waals surface area (Å²) in [5, 5.41) is 0. The molecule has 2 aliphatic heterocycles. The second kappa shape index (κ2) is 3.79. The Morgan fingerprint density at radius 1 is 1.31 bits per heavy atom. The first-order valence-electron chi connectivity index (χ1n) is 4.58. The molecule has 4 nitrogen and oxygen atoms in total. The Hall–Kier alpha value is -1.03. The van der Waals surface area contributed by atoms with Crippen LogP contribution in [0, 0.1) is 0 Å².